The molecule has 1 aromatic heterocycles. The van der Waals surface area contributed by atoms with Crippen LogP contribution in [0.2, 0.25) is 0 Å². The molecule has 3 amide bonds. The standard InChI is InChI=1S/C24H22F3N5O4/c1-36-15-7-8-18(32-20-16(9-10-28-23(20)35)21(31-32)24(25,26)27)17(11-15)22(34)30-13-19(33)29-12-14-5-3-2-4-6-14/h2-8,11H,9-10,12-13H2,1H3,(H,28,35)(H,29,33)(H,30,34). The zero-order valence-corrected chi connectivity index (χ0v) is 19.1. The molecule has 0 fully saturated rings. The number of halogens is 3. The molecule has 2 heterocycles. The predicted octanol–water partition coefficient (Wildman–Crippen LogP) is 2.23. The van der Waals surface area contributed by atoms with Crippen LogP contribution in [0.25, 0.3) is 5.69 Å². The van der Waals surface area contributed by atoms with Crippen molar-refractivity contribution in [3.8, 4) is 11.4 Å². The molecule has 188 valence electrons. The highest BCUT2D eigenvalue weighted by Gasteiger charge is 2.42. The number of nitrogens with zero attached hydrogens (tertiary/aromatic N) is 2. The topological polar surface area (TPSA) is 114 Å². The first-order chi connectivity index (χ1) is 17.2. The Morgan fingerprint density at radius 3 is 2.58 bits per heavy atom. The second-order valence-electron chi connectivity index (χ2n) is 7.92. The maximum Gasteiger partial charge on any atom is 0.435 e. The van der Waals surface area contributed by atoms with E-state index >= 15 is 0 Å². The Morgan fingerprint density at radius 2 is 1.89 bits per heavy atom. The van der Waals surface area contributed by atoms with Crippen molar-refractivity contribution in [3.63, 3.8) is 0 Å². The molecule has 3 N–H and O–H groups in total. The van der Waals surface area contributed by atoms with E-state index in [9.17, 15) is 27.6 Å². The number of alkyl halides is 3. The van der Waals surface area contributed by atoms with Gasteiger partial charge in [0.25, 0.3) is 11.8 Å². The monoisotopic (exact) mass is 501 g/mol. The van der Waals surface area contributed by atoms with Crippen molar-refractivity contribution in [2.24, 2.45) is 0 Å². The molecule has 0 saturated carbocycles. The number of fused-ring (bicyclic) bond motifs is 1. The molecular formula is C24H22F3N5O4. The molecule has 1 aliphatic rings. The van der Waals surface area contributed by atoms with Crippen molar-refractivity contribution < 1.29 is 32.3 Å². The van der Waals surface area contributed by atoms with E-state index in [0.29, 0.717) is 0 Å². The SMILES string of the molecule is COc1ccc(-n2nc(C(F)(F)F)c3c2C(=O)NCC3)c(C(=O)NCC(=O)NCc2ccccc2)c1. The number of ether oxygens (including phenoxy) is 1. The zero-order valence-electron chi connectivity index (χ0n) is 19.1. The van der Waals surface area contributed by atoms with Gasteiger partial charge in [-0.3, -0.25) is 14.4 Å². The summed E-state index contributed by atoms with van der Waals surface area (Å²) in [5.74, 6) is -1.71. The van der Waals surface area contributed by atoms with Crippen LogP contribution in [0.3, 0.4) is 0 Å². The highest BCUT2D eigenvalue weighted by molar-refractivity contribution is 6.01. The molecule has 0 bridgehead atoms. The molecule has 0 spiro atoms. The molecule has 1 aliphatic heterocycles. The number of amides is 3. The van der Waals surface area contributed by atoms with Gasteiger partial charge in [-0.25, -0.2) is 4.68 Å². The van der Waals surface area contributed by atoms with Crippen LogP contribution in [0.5, 0.6) is 5.75 Å². The lowest BCUT2D eigenvalue weighted by Gasteiger charge is -2.17. The van der Waals surface area contributed by atoms with E-state index in [1.165, 1.54) is 25.3 Å². The van der Waals surface area contributed by atoms with Crippen LogP contribution < -0.4 is 20.7 Å². The van der Waals surface area contributed by atoms with Crippen LogP contribution in [-0.4, -0.2) is 47.7 Å². The Kier molecular flexibility index (Phi) is 6.95. The van der Waals surface area contributed by atoms with Gasteiger partial charge in [-0.1, -0.05) is 30.3 Å². The van der Waals surface area contributed by atoms with Crippen molar-refractivity contribution in [2.45, 2.75) is 19.1 Å². The third kappa shape index (κ3) is 5.16. The quantitative estimate of drug-likeness (QED) is 0.460. The molecular weight excluding hydrogens is 479 g/mol. The summed E-state index contributed by atoms with van der Waals surface area (Å²) in [5.41, 5.74) is -1.05. The van der Waals surface area contributed by atoms with Crippen molar-refractivity contribution in [1.82, 2.24) is 25.7 Å². The fourth-order valence-electron chi connectivity index (χ4n) is 3.83. The van der Waals surface area contributed by atoms with Gasteiger partial charge in [0.15, 0.2) is 5.69 Å². The smallest absolute Gasteiger partial charge is 0.435 e. The van der Waals surface area contributed by atoms with E-state index in [1.807, 2.05) is 30.3 Å². The zero-order chi connectivity index (χ0) is 25.9. The highest BCUT2D eigenvalue weighted by Crippen LogP contribution is 2.35. The van der Waals surface area contributed by atoms with Crippen LogP contribution in [0.4, 0.5) is 13.2 Å². The maximum absolute atomic E-state index is 13.7. The molecule has 0 unspecified atom stereocenters. The van der Waals surface area contributed by atoms with E-state index in [2.05, 4.69) is 21.0 Å². The number of hydrogen-bond acceptors (Lipinski definition) is 5. The molecule has 0 radical (unpaired) electrons. The Hall–Kier alpha value is -4.35. The van der Waals surface area contributed by atoms with Gasteiger partial charge in [-0.15, -0.1) is 0 Å². The summed E-state index contributed by atoms with van der Waals surface area (Å²) in [4.78, 5) is 37.8. The summed E-state index contributed by atoms with van der Waals surface area (Å²) >= 11 is 0. The van der Waals surface area contributed by atoms with Crippen molar-refractivity contribution in [3.05, 3.63) is 76.6 Å². The first-order valence-corrected chi connectivity index (χ1v) is 10.9. The molecule has 3 aromatic rings. The van der Waals surface area contributed by atoms with Gasteiger partial charge >= 0.3 is 6.18 Å². The van der Waals surface area contributed by atoms with Gasteiger partial charge in [-0.2, -0.15) is 18.3 Å². The Labute approximate surface area is 203 Å². The minimum Gasteiger partial charge on any atom is -0.497 e. The first-order valence-electron chi connectivity index (χ1n) is 10.9. The number of rotatable bonds is 7. The third-order valence-corrected chi connectivity index (χ3v) is 5.55. The highest BCUT2D eigenvalue weighted by atomic mass is 19.4. The van der Waals surface area contributed by atoms with Crippen LogP contribution in [-0.2, 0) is 23.9 Å². The summed E-state index contributed by atoms with van der Waals surface area (Å²) < 4.78 is 47.0. The number of carbonyl (C=O) groups excluding carboxylic acids is 3. The van der Waals surface area contributed by atoms with E-state index < -0.39 is 29.6 Å². The van der Waals surface area contributed by atoms with Gasteiger partial charge in [0.05, 0.1) is 24.9 Å². The lowest BCUT2D eigenvalue weighted by Crippen LogP contribution is -2.37. The number of carbonyl (C=O) groups is 3. The summed E-state index contributed by atoms with van der Waals surface area (Å²) in [6.07, 6.45) is -4.85. The maximum atomic E-state index is 13.7. The van der Waals surface area contributed by atoms with Gasteiger partial charge in [0.1, 0.15) is 11.4 Å². The largest absolute Gasteiger partial charge is 0.497 e. The van der Waals surface area contributed by atoms with Crippen LogP contribution in [0.15, 0.2) is 48.5 Å². The summed E-state index contributed by atoms with van der Waals surface area (Å²) in [7, 11) is 1.36. The third-order valence-electron chi connectivity index (χ3n) is 5.55. The van der Waals surface area contributed by atoms with Crippen molar-refractivity contribution >= 4 is 17.7 Å². The average molecular weight is 501 g/mol. The van der Waals surface area contributed by atoms with E-state index in [4.69, 9.17) is 4.74 Å². The molecule has 0 saturated heterocycles. The molecule has 2 aromatic carbocycles. The normalized spacial score (nSPS) is 12.9. The van der Waals surface area contributed by atoms with E-state index in [-0.39, 0.29) is 54.3 Å². The average Bonchev–Trinajstić information content (AvgIpc) is 3.28. The lowest BCUT2D eigenvalue weighted by molar-refractivity contribution is -0.142. The van der Waals surface area contributed by atoms with Crippen molar-refractivity contribution in [1.29, 1.82) is 0 Å². The summed E-state index contributed by atoms with van der Waals surface area (Å²) in [6.45, 7) is -0.0861. The van der Waals surface area contributed by atoms with Crippen LogP contribution >= 0.6 is 0 Å². The Morgan fingerprint density at radius 1 is 1.14 bits per heavy atom. The lowest BCUT2D eigenvalue weighted by atomic mass is 10.0. The number of nitrogens with one attached hydrogen (secondary N) is 3. The number of hydrogen-bond donors (Lipinski definition) is 3. The molecule has 0 aliphatic carbocycles. The number of aromatic nitrogens is 2. The Bertz CT molecular complexity index is 1310. The second kappa shape index (κ2) is 10.1. The van der Waals surface area contributed by atoms with Crippen LogP contribution in [0.1, 0.15) is 37.7 Å². The number of benzene rings is 2. The summed E-state index contributed by atoms with van der Waals surface area (Å²) in [5, 5.41) is 11.3. The minimum absolute atomic E-state index is 0.0364. The van der Waals surface area contributed by atoms with Crippen molar-refractivity contribution in [2.75, 3.05) is 20.2 Å². The van der Waals surface area contributed by atoms with Crippen LogP contribution in [0, 0.1) is 0 Å². The van der Waals surface area contributed by atoms with Gasteiger partial charge < -0.3 is 20.7 Å². The number of methoxy groups -OCH3 is 1. The molecule has 9 nitrogen and oxygen atoms in total. The fourth-order valence-corrected chi connectivity index (χ4v) is 3.83. The van der Waals surface area contributed by atoms with E-state index in [0.717, 1.165) is 10.2 Å². The van der Waals surface area contributed by atoms with Gasteiger partial charge in [0, 0.05) is 18.7 Å². The predicted molar refractivity (Wildman–Crippen MR) is 122 cm³/mol. The molecule has 4 rings (SSSR count). The van der Waals surface area contributed by atoms with Gasteiger partial charge in [0.2, 0.25) is 5.91 Å². The first kappa shape index (κ1) is 24.8. The van der Waals surface area contributed by atoms with E-state index in [1.54, 1.807) is 0 Å². The Balaban J connectivity index is 1.62. The summed E-state index contributed by atoms with van der Waals surface area (Å²) in [6, 6.07) is 13.2. The second-order valence-corrected chi connectivity index (χ2v) is 7.92. The molecule has 36 heavy (non-hydrogen) atoms. The van der Waals surface area contributed by atoms with Gasteiger partial charge in [-0.05, 0) is 30.2 Å². The fraction of sp³-hybridized carbons (Fsp3) is 0.250. The molecule has 12 heteroatoms. The minimum atomic E-state index is -4.79. The molecule has 0 atom stereocenters.